The van der Waals surface area contributed by atoms with Gasteiger partial charge in [-0.05, 0) is 20.0 Å². The molecule has 0 bridgehead atoms. The summed E-state index contributed by atoms with van der Waals surface area (Å²) in [7, 11) is 3.82. The molecule has 5 heteroatoms. The van der Waals surface area contributed by atoms with Gasteiger partial charge in [-0.3, -0.25) is 14.4 Å². The van der Waals surface area contributed by atoms with Gasteiger partial charge in [0.25, 0.3) is 0 Å². The van der Waals surface area contributed by atoms with Crippen molar-refractivity contribution in [1.82, 2.24) is 14.7 Å². The van der Waals surface area contributed by atoms with Crippen molar-refractivity contribution in [3.8, 4) is 0 Å². The van der Waals surface area contributed by atoms with Crippen LogP contribution >= 0.6 is 0 Å². The first-order valence-electron chi connectivity index (χ1n) is 6.36. The normalized spacial score (nSPS) is 11.2. The molecular weight excluding hydrogens is 242 g/mol. The predicted octanol–water partition coefficient (Wildman–Crippen LogP) is 1.57. The van der Waals surface area contributed by atoms with E-state index in [9.17, 15) is 4.79 Å². The summed E-state index contributed by atoms with van der Waals surface area (Å²) < 4.78 is 6.80. The summed E-state index contributed by atoms with van der Waals surface area (Å²) >= 11 is 0. The molecule has 2 aromatic rings. The molecule has 19 heavy (non-hydrogen) atoms. The van der Waals surface area contributed by atoms with Gasteiger partial charge in [0.1, 0.15) is 0 Å². The zero-order valence-electron chi connectivity index (χ0n) is 11.6. The molecule has 0 fully saturated rings. The van der Waals surface area contributed by atoms with Crippen molar-refractivity contribution in [2.45, 2.75) is 13.5 Å². The van der Waals surface area contributed by atoms with Gasteiger partial charge in [0.05, 0.1) is 24.4 Å². The van der Waals surface area contributed by atoms with Crippen LogP contribution in [0.1, 0.15) is 12.6 Å². The lowest BCUT2D eigenvalue weighted by Gasteiger charge is -2.14. The second kappa shape index (κ2) is 5.84. The fourth-order valence-corrected chi connectivity index (χ4v) is 2.14. The highest BCUT2D eigenvalue weighted by atomic mass is 16.5. The number of carbonyl (C=O) groups is 1. The lowest BCUT2D eigenvalue weighted by Crippen LogP contribution is -2.27. The molecule has 2 rings (SSSR count). The van der Waals surface area contributed by atoms with Crippen LogP contribution in [0.15, 0.2) is 24.3 Å². The summed E-state index contributed by atoms with van der Waals surface area (Å²) in [6.07, 6.45) is 0. The first-order chi connectivity index (χ1) is 9.11. The van der Waals surface area contributed by atoms with Gasteiger partial charge in [-0.15, -0.1) is 0 Å². The minimum atomic E-state index is -0.203. The Morgan fingerprint density at radius 1 is 1.42 bits per heavy atom. The molecule has 1 aromatic carbocycles. The molecule has 1 heterocycles. The Balaban J connectivity index is 2.11. The van der Waals surface area contributed by atoms with Gasteiger partial charge in [-0.2, -0.15) is 5.10 Å². The van der Waals surface area contributed by atoms with E-state index in [2.05, 4.69) is 11.2 Å². The summed E-state index contributed by atoms with van der Waals surface area (Å²) in [4.78, 5) is 13.3. The molecule has 0 aliphatic rings. The minimum absolute atomic E-state index is 0.203. The van der Waals surface area contributed by atoms with Crippen molar-refractivity contribution in [2.75, 3.05) is 20.2 Å². The molecule has 102 valence electrons. The van der Waals surface area contributed by atoms with E-state index in [0.29, 0.717) is 13.2 Å². The Bertz CT molecular complexity index is 577. The molecule has 0 aliphatic heterocycles. The summed E-state index contributed by atoms with van der Waals surface area (Å²) in [6, 6.07) is 8.09. The number of benzene rings is 1. The first-order valence-corrected chi connectivity index (χ1v) is 6.36. The van der Waals surface area contributed by atoms with Crippen LogP contribution in [-0.2, 0) is 23.1 Å². The van der Waals surface area contributed by atoms with Crippen molar-refractivity contribution < 1.29 is 9.53 Å². The molecule has 0 N–H and O–H groups in total. The van der Waals surface area contributed by atoms with Gasteiger partial charge in [0.2, 0.25) is 0 Å². The van der Waals surface area contributed by atoms with E-state index < -0.39 is 0 Å². The third-order valence-electron chi connectivity index (χ3n) is 2.96. The van der Waals surface area contributed by atoms with Crippen molar-refractivity contribution >= 4 is 16.9 Å². The summed E-state index contributed by atoms with van der Waals surface area (Å²) in [6.45, 7) is 3.13. The third kappa shape index (κ3) is 3.12. The molecule has 0 amide bonds. The minimum Gasteiger partial charge on any atom is -0.465 e. The number of aromatic nitrogens is 2. The first kappa shape index (κ1) is 13.5. The molecular formula is C14H19N3O2. The molecule has 0 aliphatic carbocycles. The average Bonchev–Trinajstić information content (AvgIpc) is 2.67. The van der Waals surface area contributed by atoms with Gasteiger partial charge in [0.15, 0.2) is 0 Å². The van der Waals surface area contributed by atoms with Gasteiger partial charge in [-0.1, -0.05) is 18.2 Å². The number of carbonyl (C=O) groups excluding carboxylic acids is 1. The number of hydrogen-bond acceptors (Lipinski definition) is 4. The second-order valence-corrected chi connectivity index (χ2v) is 4.56. The molecule has 0 radical (unpaired) electrons. The zero-order valence-corrected chi connectivity index (χ0v) is 11.6. The molecule has 0 saturated heterocycles. The maximum atomic E-state index is 11.4. The Morgan fingerprint density at radius 3 is 2.89 bits per heavy atom. The van der Waals surface area contributed by atoms with Crippen molar-refractivity contribution in [1.29, 1.82) is 0 Å². The van der Waals surface area contributed by atoms with Gasteiger partial charge in [0, 0.05) is 19.0 Å². The summed E-state index contributed by atoms with van der Waals surface area (Å²) in [5.41, 5.74) is 2.08. The maximum Gasteiger partial charge on any atom is 0.320 e. The van der Waals surface area contributed by atoms with Crippen LogP contribution in [0.3, 0.4) is 0 Å². The van der Waals surface area contributed by atoms with Crippen molar-refractivity contribution in [3.63, 3.8) is 0 Å². The molecule has 0 atom stereocenters. The highest BCUT2D eigenvalue weighted by molar-refractivity contribution is 5.81. The van der Waals surface area contributed by atoms with E-state index in [1.807, 2.05) is 48.8 Å². The smallest absolute Gasteiger partial charge is 0.320 e. The molecule has 0 unspecified atom stereocenters. The van der Waals surface area contributed by atoms with Crippen LogP contribution < -0.4 is 0 Å². The third-order valence-corrected chi connectivity index (χ3v) is 2.96. The number of esters is 1. The maximum absolute atomic E-state index is 11.4. The molecule has 0 saturated carbocycles. The van der Waals surface area contributed by atoms with E-state index in [1.165, 1.54) is 0 Å². The van der Waals surface area contributed by atoms with Crippen LogP contribution in [0.25, 0.3) is 10.9 Å². The highest BCUT2D eigenvalue weighted by Gasteiger charge is 2.12. The number of ether oxygens (including phenoxy) is 1. The molecule has 5 nitrogen and oxygen atoms in total. The van der Waals surface area contributed by atoms with Gasteiger partial charge in [-0.25, -0.2) is 0 Å². The Labute approximate surface area is 112 Å². The van der Waals surface area contributed by atoms with Gasteiger partial charge >= 0.3 is 5.97 Å². The Hall–Kier alpha value is -1.88. The number of hydrogen-bond donors (Lipinski definition) is 0. The SMILES string of the molecule is CCOC(=O)CN(C)Cc1nn(C)c2ccccc12. The van der Waals surface area contributed by atoms with E-state index in [-0.39, 0.29) is 12.5 Å². The lowest BCUT2D eigenvalue weighted by molar-refractivity contribution is -0.144. The van der Waals surface area contributed by atoms with Crippen LogP contribution in [0.2, 0.25) is 0 Å². The van der Waals surface area contributed by atoms with Crippen molar-refractivity contribution in [3.05, 3.63) is 30.0 Å². The fraction of sp³-hybridized carbons (Fsp3) is 0.429. The lowest BCUT2D eigenvalue weighted by atomic mass is 10.2. The van der Waals surface area contributed by atoms with E-state index in [1.54, 1.807) is 0 Å². The Morgan fingerprint density at radius 2 is 2.16 bits per heavy atom. The number of aryl methyl sites for hydroxylation is 1. The summed E-state index contributed by atoms with van der Waals surface area (Å²) in [5.74, 6) is -0.203. The van der Waals surface area contributed by atoms with Crippen molar-refractivity contribution in [2.24, 2.45) is 7.05 Å². The van der Waals surface area contributed by atoms with E-state index in [0.717, 1.165) is 16.6 Å². The molecule has 0 spiro atoms. The topological polar surface area (TPSA) is 47.4 Å². The fourth-order valence-electron chi connectivity index (χ4n) is 2.14. The number of para-hydroxylation sites is 1. The Kier molecular flexibility index (Phi) is 4.16. The standard InChI is InChI=1S/C14H19N3O2/c1-4-19-14(18)10-16(2)9-12-11-7-5-6-8-13(11)17(3)15-12/h5-8H,4,9-10H2,1-3H3. The van der Waals surface area contributed by atoms with E-state index in [4.69, 9.17) is 4.74 Å². The quantitative estimate of drug-likeness (QED) is 0.766. The highest BCUT2D eigenvalue weighted by Crippen LogP contribution is 2.18. The number of rotatable bonds is 5. The van der Waals surface area contributed by atoms with Crippen LogP contribution in [0.4, 0.5) is 0 Å². The second-order valence-electron chi connectivity index (χ2n) is 4.56. The number of nitrogens with zero attached hydrogens (tertiary/aromatic N) is 3. The monoisotopic (exact) mass is 261 g/mol. The summed E-state index contributed by atoms with van der Waals surface area (Å²) in [5, 5.41) is 5.63. The predicted molar refractivity (Wildman–Crippen MR) is 73.7 cm³/mol. The van der Waals surface area contributed by atoms with Crippen LogP contribution in [0, 0.1) is 0 Å². The average molecular weight is 261 g/mol. The van der Waals surface area contributed by atoms with Crippen LogP contribution in [0.5, 0.6) is 0 Å². The number of fused-ring (bicyclic) bond motifs is 1. The number of likely N-dealkylation sites (N-methyl/N-ethyl adjacent to an activating group) is 1. The molecule has 1 aromatic heterocycles. The van der Waals surface area contributed by atoms with Gasteiger partial charge < -0.3 is 4.74 Å². The zero-order chi connectivity index (χ0) is 13.8. The van der Waals surface area contributed by atoms with E-state index >= 15 is 0 Å². The van der Waals surface area contributed by atoms with Crippen LogP contribution in [-0.4, -0.2) is 40.8 Å². The largest absolute Gasteiger partial charge is 0.465 e.